The standard InChI is InChI=1S/C18H20F2N6OS2/c1-12(28-17-16(23-29-24-17)25-6-2-3-7-25)18(27,9-26-11-21-10-22-26)14-5-4-13(19)8-15(14)20/h4-5,8,10-12,27H,2-3,6-7,9H2,1H3/t12-,18?/m1/s1. The SMILES string of the molecule is C[C@@H](Sc1nsnc1N1CCCC1)C(O)(Cn1cncn1)c1ccc(F)cc1F. The first-order chi connectivity index (χ1) is 14.0. The Morgan fingerprint density at radius 2 is 2.07 bits per heavy atom. The van der Waals surface area contributed by atoms with Gasteiger partial charge in [-0.3, -0.25) is 0 Å². The third-order valence-corrected chi connectivity index (χ3v) is 6.95. The fraction of sp³-hybridized carbons (Fsp3) is 0.444. The van der Waals surface area contributed by atoms with E-state index in [1.807, 2.05) is 0 Å². The van der Waals surface area contributed by atoms with Crippen LogP contribution in [0, 0.1) is 11.6 Å². The summed E-state index contributed by atoms with van der Waals surface area (Å²) in [6.07, 6.45) is 5.00. The molecule has 3 heterocycles. The van der Waals surface area contributed by atoms with E-state index in [0.29, 0.717) is 5.03 Å². The molecule has 2 atom stereocenters. The second-order valence-corrected chi connectivity index (χ2v) is 8.85. The Morgan fingerprint density at radius 1 is 1.28 bits per heavy atom. The van der Waals surface area contributed by atoms with E-state index in [1.165, 1.54) is 35.2 Å². The van der Waals surface area contributed by atoms with Gasteiger partial charge in [0.15, 0.2) is 10.8 Å². The fourth-order valence-corrected chi connectivity index (χ4v) is 5.29. The first-order valence-electron chi connectivity index (χ1n) is 9.22. The summed E-state index contributed by atoms with van der Waals surface area (Å²) >= 11 is 2.44. The highest BCUT2D eigenvalue weighted by molar-refractivity contribution is 8.00. The van der Waals surface area contributed by atoms with Gasteiger partial charge in [0.2, 0.25) is 0 Å². The second-order valence-electron chi connectivity index (χ2n) is 6.99. The van der Waals surface area contributed by atoms with Crippen molar-refractivity contribution in [2.75, 3.05) is 18.0 Å². The topological polar surface area (TPSA) is 80.0 Å². The molecule has 1 N–H and O–H groups in total. The van der Waals surface area contributed by atoms with Crippen LogP contribution in [-0.2, 0) is 12.1 Å². The summed E-state index contributed by atoms with van der Waals surface area (Å²) in [6.45, 7) is 3.59. The zero-order valence-corrected chi connectivity index (χ0v) is 17.3. The first-order valence-corrected chi connectivity index (χ1v) is 10.8. The van der Waals surface area contributed by atoms with Gasteiger partial charge in [-0.1, -0.05) is 17.8 Å². The largest absolute Gasteiger partial charge is 0.382 e. The molecule has 0 saturated carbocycles. The smallest absolute Gasteiger partial charge is 0.176 e. The highest BCUT2D eigenvalue weighted by atomic mass is 32.2. The lowest BCUT2D eigenvalue weighted by atomic mass is 9.90. The lowest BCUT2D eigenvalue weighted by Gasteiger charge is -2.34. The van der Waals surface area contributed by atoms with Crippen molar-refractivity contribution in [2.24, 2.45) is 0 Å². The Labute approximate surface area is 175 Å². The average molecular weight is 439 g/mol. The van der Waals surface area contributed by atoms with Crippen LogP contribution in [0.5, 0.6) is 0 Å². The van der Waals surface area contributed by atoms with Gasteiger partial charge in [0, 0.05) is 30.0 Å². The van der Waals surface area contributed by atoms with Crippen LogP contribution in [0.3, 0.4) is 0 Å². The Hall–Kier alpha value is -2.11. The highest BCUT2D eigenvalue weighted by Crippen LogP contribution is 2.41. The molecule has 0 bridgehead atoms. The molecule has 11 heteroatoms. The van der Waals surface area contributed by atoms with Gasteiger partial charge in [0.1, 0.15) is 29.9 Å². The number of aromatic nitrogens is 5. The fourth-order valence-electron chi connectivity index (χ4n) is 3.47. The van der Waals surface area contributed by atoms with Gasteiger partial charge in [-0.2, -0.15) is 13.8 Å². The van der Waals surface area contributed by atoms with E-state index >= 15 is 0 Å². The Kier molecular flexibility index (Phi) is 5.79. The van der Waals surface area contributed by atoms with E-state index < -0.39 is 22.5 Å². The minimum Gasteiger partial charge on any atom is -0.382 e. The van der Waals surface area contributed by atoms with E-state index in [-0.39, 0.29) is 12.1 Å². The Morgan fingerprint density at radius 3 is 2.76 bits per heavy atom. The van der Waals surface area contributed by atoms with Crippen molar-refractivity contribution in [3.8, 4) is 0 Å². The Balaban J connectivity index is 1.66. The number of rotatable bonds is 7. The van der Waals surface area contributed by atoms with Crippen LogP contribution in [0.1, 0.15) is 25.3 Å². The zero-order chi connectivity index (χ0) is 20.4. The monoisotopic (exact) mass is 438 g/mol. The van der Waals surface area contributed by atoms with E-state index in [2.05, 4.69) is 23.7 Å². The van der Waals surface area contributed by atoms with E-state index in [1.54, 1.807) is 6.92 Å². The van der Waals surface area contributed by atoms with Gasteiger partial charge in [0.25, 0.3) is 0 Å². The molecular formula is C18H20F2N6OS2. The number of thioether (sulfide) groups is 1. The van der Waals surface area contributed by atoms with Crippen LogP contribution in [0.15, 0.2) is 35.9 Å². The van der Waals surface area contributed by atoms with Crippen LogP contribution >= 0.6 is 23.5 Å². The van der Waals surface area contributed by atoms with Crippen molar-refractivity contribution in [3.05, 3.63) is 48.1 Å². The highest BCUT2D eigenvalue weighted by Gasteiger charge is 2.41. The van der Waals surface area contributed by atoms with E-state index in [9.17, 15) is 13.9 Å². The van der Waals surface area contributed by atoms with Crippen LogP contribution in [-0.4, -0.2) is 47.0 Å². The molecule has 0 aliphatic carbocycles. The molecule has 154 valence electrons. The van der Waals surface area contributed by atoms with Crippen molar-refractivity contribution in [1.82, 2.24) is 23.5 Å². The van der Waals surface area contributed by atoms with Crippen LogP contribution < -0.4 is 4.90 Å². The maximum absolute atomic E-state index is 14.6. The van der Waals surface area contributed by atoms with Gasteiger partial charge in [-0.25, -0.2) is 18.4 Å². The van der Waals surface area contributed by atoms with Crippen molar-refractivity contribution in [3.63, 3.8) is 0 Å². The third kappa shape index (κ3) is 4.12. The van der Waals surface area contributed by atoms with Crippen molar-refractivity contribution in [2.45, 2.75) is 42.2 Å². The predicted molar refractivity (Wildman–Crippen MR) is 107 cm³/mol. The molecule has 3 aromatic rings. The molecule has 2 aromatic heterocycles. The molecular weight excluding hydrogens is 418 g/mol. The molecule has 1 aliphatic heterocycles. The summed E-state index contributed by atoms with van der Waals surface area (Å²) in [4.78, 5) is 6.06. The van der Waals surface area contributed by atoms with Crippen molar-refractivity contribution >= 4 is 29.3 Å². The second kappa shape index (κ2) is 8.33. The maximum atomic E-state index is 14.6. The summed E-state index contributed by atoms with van der Waals surface area (Å²) in [7, 11) is 0. The van der Waals surface area contributed by atoms with Crippen LogP contribution in [0.25, 0.3) is 0 Å². The zero-order valence-electron chi connectivity index (χ0n) is 15.7. The number of halogens is 2. The number of anilines is 1. The van der Waals surface area contributed by atoms with Gasteiger partial charge in [-0.05, 0) is 25.8 Å². The van der Waals surface area contributed by atoms with E-state index in [0.717, 1.165) is 55.6 Å². The van der Waals surface area contributed by atoms with Gasteiger partial charge in [0.05, 0.1) is 18.3 Å². The number of hydrogen-bond acceptors (Lipinski definition) is 8. The lowest BCUT2D eigenvalue weighted by molar-refractivity contribution is 0.0133. The maximum Gasteiger partial charge on any atom is 0.176 e. The molecule has 7 nitrogen and oxygen atoms in total. The summed E-state index contributed by atoms with van der Waals surface area (Å²) in [5.41, 5.74) is -1.68. The number of aliphatic hydroxyl groups is 1. The van der Waals surface area contributed by atoms with E-state index in [4.69, 9.17) is 0 Å². The summed E-state index contributed by atoms with van der Waals surface area (Å²) in [6, 6.07) is 3.20. The Bertz CT molecular complexity index is 963. The average Bonchev–Trinajstić information content (AvgIpc) is 3.44. The molecule has 1 saturated heterocycles. The normalized spacial score (nSPS) is 17.4. The van der Waals surface area contributed by atoms with Gasteiger partial charge < -0.3 is 10.0 Å². The number of hydrogen-bond donors (Lipinski definition) is 1. The summed E-state index contributed by atoms with van der Waals surface area (Å²) < 4.78 is 38.4. The number of benzene rings is 1. The molecule has 1 aromatic carbocycles. The third-order valence-electron chi connectivity index (χ3n) is 5.08. The van der Waals surface area contributed by atoms with Crippen LogP contribution in [0.4, 0.5) is 14.6 Å². The van der Waals surface area contributed by atoms with Crippen LogP contribution in [0.2, 0.25) is 0 Å². The molecule has 1 aliphatic rings. The molecule has 0 radical (unpaired) electrons. The molecule has 1 unspecified atom stereocenters. The van der Waals surface area contributed by atoms with Crippen molar-refractivity contribution in [1.29, 1.82) is 0 Å². The first kappa shape index (κ1) is 20.2. The predicted octanol–water partition coefficient (Wildman–Crippen LogP) is 3.08. The molecule has 0 amide bonds. The number of nitrogens with zero attached hydrogens (tertiary/aromatic N) is 6. The lowest BCUT2D eigenvalue weighted by Crippen LogP contribution is -2.41. The summed E-state index contributed by atoms with van der Waals surface area (Å²) in [5, 5.41) is 15.8. The van der Waals surface area contributed by atoms with Gasteiger partial charge >= 0.3 is 0 Å². The summed E-state index contributed by atoms with van der Waals surface area (Å²) in [5.74, 6) is -0.710. The van der Waals surface area contributed by atoms with Gasteiger partial charge in [-0.15, -0.1) is 0 Å². The molecule has 0 spiro atoms. The molecule has 29 heavy (non-hydrogen) atoms. The minimum atomic E-state index is -1.68. The molecule has 1 fully saturated rings. The molecule has 4 rings (SSSR count). The quantitative estimate of drug-likeness (QED) is 0.568. The minimum absolute atomic E-state index is 0.000288. The van der Waals surface area contributed by atoms with Crippen molar-refractivity contribution < 1.29 is 13.9 Å².